The van der Waals surface area contributed by atoms with Gasteiger partial charge in [0.2, 0.25) is 0 Å². The monoisotopic (exact) mass is 219 g/mol. The molecule has 14 heavy (non-hydrogen) atoms. The van der Waals surface area contributed by atoms with Crippen molar-refractivity contribution >= 4 is 40.3 Å². The molecule has 2 aromatic rings. The second-order valence-corrected chi connectivity index (χ2v) is 4.12. The van der Waals surface area contributed by atoms with Crippen LogP contribution in [0.4, 0.5) is 0 Å². The predicted octanol–water partition coefficient (Wildman–Crippen LogP) is 2.87. The molecule has 0 saturated carbocycles. The maximum atomic E-state index is 10.9. The number of thiol groups is 1. The molecular formula is C10H5NOS2. The van der Waals surface area contributed by atoms with Gasteiger partial charge in [-0.2, -0.15) is 5.26 Å². The Morgan fingerprint density at radius 3 is 3.00 bits per heavy atom. The Morgan fingerprint density at radius 2 is 2.36 bits per heavy atom. The van der Waals surface area contributed by atoms with Gasteiger partial charge in [0.25, 0.3) is 0 Å². The van der Waals surface area contributed by atoms with Crippen LogP contribution in [0.15, 0.2) is 22.4 Å². The predicted molar refractivity (Wildman–Crippen MR) is 59.2 cm³/mol. The van der Waals surface area contributed by atoms with Gasteiger partial charge in [0.05, 0.1) is 5.56 Å². The lowest BCUT2D eigenvalue weighted by Crippen LogP contribution is -1.87. The molecule has 1 aromatic carbocycles. The van der Waals surface area contributed by atoms with Gasteiger partial charge in [0, 0.05) is 15.2 Å². The van der Waals surface area contributed by atoms with Crippen LogP contribution in [0, 0.1) is 11.3 Å². The Labute approximate surface area is 90.2 Å². The number of nitrogens with zero attached hydrogens (tertiary/aromatic N) is 1. The van der Waals surface area contributed by atoms with E-state index >= 15 is 0 Å². The van der Waals surface area contributed by atoms with Gasteiger partial charge in [0.1, 0.15) is 6.07 Å². The normalized spacial score (nSPS) is 10.0. The summed E-state index contributed by atoms with van der Waals surface area (Å²) in [6.07, 6.45) is 0.752. The largest absolute Gasteiger partial charge is 0.298 e. The summed E-state index contributed by atoms with van der Waals surface area (Å²) >= 11 is 5.66. The molecular weight excluding hydrogens is 214 g/mol. The zero-order valence-electron chi connectivity index (χ0n) is 7.02. The number of carbonyl (C=O) groups excluding carboxylic acids is 1. The highest BCUT2D eigenvalue weighted by Crippen LogP contribution is 2.30. The molecule has 68 valence electrons. The van der Waals surface area contributed by atoms with E-state index in [4.69, 9.17) is 5.26 Å². The topological polar surface area (TPSA) is 40.9 Å². The smallest absolute Gasteiger partial charge is 0.152 e. The zero-order chi connectivity index (χ0) is 10.1. The summed E-state index contributed by atoms with van der Waals surface area (Å²) in [4.78, 5) is 11.3. The first-order valence-corrected chi connectivity index (χ1v) is 5.19. The SMILES string of the molecule is N#Cc1cc2ccsc2c(C=O)c1S. The van der Waals surface area contributed by atoms with Crippen molar-refractivity contribution in [3.8, 4) is 6.07 Å². The van der Waals surface area contributed by atoms with Gasteiger partial charge in [-0.05, 0) is 22.9 Å². The minimum Gasteiger partial charge on any atom is -0.298 e. The van der Waals surface area contributed by atoms with Crippen molar-refractivity contribution in [3.05, 3.63) is 28.6 Å². The highest BCUT2D eigenvalue weighted by Gasteiger charge is 2.10. The van der Waals surface area contributed by atoms with Gasteiger partial charge in [-0.1, -0.05) is 0 Å². The van der Waals surface area contributed by atoms with Crippen molar-refractivity contribution in [3.63, 3.8) is 0 Å². The number of benzene rings is 1. The average molecular weight is 219 g/mol. The summed E-state index contributed by atoms with van der Waals surface area (Å²) in [5.74, 6) is 0. The van der Waals surface area contributed by atoms with Crippen LogP contribution in [0.25, 0.3) is 10.1 Å². The molecule has 0 bridgehead atoms. The van der Waals surface area contributed by atoms with Gasteiger partial charge in [-0.15, -0.1) is 24.0 Å². The molecule has 1 heterocycles. The van der Waals surface area contributed by atoms with Crippen molar-refractivity contribution < 1.29 is 4.79 Å². The van der Waals surface area contributed by atoms with E-state index < -0.39 is 0 Å². The number of fused-ring (bicyclic) bond motifs is 1. The van der Waals surface area contributed by atoms with E-state index in [1.165, 1.54) is 11.3 Å². The van der Waals surface area contributed by atoms with Gasteiger partial charge in [-0.3, -0.25) is 4.79 Å². The number of aldehydes is 1. The molecule has 0 spiro atoms. The molecule has 1 aromatic heterocycles. The highest BCUT2D eigenvalue weighted by molar-refractivity contribution is 7.80. The van der Waals surface area contributed by atoms with Gasteiger partial charge in [-0.25, -0.2) is 0 Å². The molecule has 0 amide bonds. The summed E-state index contributed by atoms with van der Waals surface area (Å²) in [5.41, 5.74) is 0.957. The molecule has 0 aliphatic rings. The first-order chi connectivity index (χ1) is 6.77. The van der Waals surface area contributed by atoms with E-state index in [9.17, 15) is 4.79 Å². The fourth-order valence-electron chi connectivity index (χ4n) is 1.32. The molecule has 4 heteroatoms. The van der Waals surface area contributed by atoms with Gasteiger partial charge < -0.3 is 0 Å². The Bertz CT molecular complexity index is 551. The van der Waals surface area contributed by atoms with Crippen LogP contribution >= 0.6 is 24.0 Å². The summed E-state index contributed by atoms with van der Waals surface area (Å²) < 4.78 is 0.893. The molecule has 0 aliphatic carbocycles. The molecule has 0 saturated heterocycles. The van der Waals surface area contributed by atoms with Gasteiger partial charge in [0.15, 0.2) is 6.29 Å². The molecule has 0 aliphatic heterocycles. The summed E-state index contributed by atoms with van der Waals surface area (Å²) in [5, 5.41) is 11.6. The second kappa shape index (κ2) is 3.45. The quantitative estimate of drug-likeness (QED) is 0.592. The minimum atomic E-state index is 0.446. The fraction of sp³-hybridized carbons (Fsp3) is 0. The second-order valence-electron chi connectivity index (χ2n) is 2.76. The molecule has 0 radical (unpaired) electrons. The van der Waals surface area contributed by atoms with Crippen LogP contribution in [-0.2, 0) is 0 Å². The number of hydrogen-bond acceptors (Lipinski definition) is 4. The van der Waals surface area contributed by atoms with Crippen LogP contribution in [0.5, 0.6) is 0 Å². The highest BCUT2D eigenvalue weighted by atomic mass is 32.1. The van der Waals surface area contributed by atoms with Crippen LogP contribution in [0.3, 0.4) is 0 Å². The molecule has 0 unspecified atom stereocenters. The number of hydrogen-bond donors (Lipinski definition) is 1. The van der Waals surface area contributed by atoms with Crippen molar-refractivity contribution in [1.82, 2.24) is 0 Å². The lowest BCUT2D eigenvalue weighted by atomic mass is 10.1. The standard InChI is InChI=1S/C10H5NOS2/c11-4-7-3-6-1-2-14-10(6)8(5-12)9(7)13/h1-3,5,13H. The first kappa shape index (κ1) is 9.25. The van der Waals surface area contributed by atoms with E-state index in [1.807, 2.05) is 17.5 Å². The number of rotatable bonds is 1. The summed E-state index contributed by atoms with van der Waals surface area (Å²) in [6, 6.07) is 5.66. The van der Waals surface area contributed by atoms with Crippen molar-refractivity contribution in [2.24, 2.45) is 0 Å². The van der Waals surface area contributed by atoms with Crippen molar-refractivity contribution in [2.45, 2.75) is 4.90 Å². The van der Waals surface area contributed by atoms with Crippen LogP contribution < -0.4 is 0 Å². The summed E-state index contributed by atoms with van der Waals surface area (Å²) in [6.45, 7) is 0. The maximum absolute atomic E-state index is 10.9. The molecule has 0 atom stereocenters. The van der Waals surface area contributed by atoms with E-state index in [-0.39, 0.29) is 0 Å². The average Bonchev–Trinajstić information content (AvgIpc) is 2.64. The van der Waals surface area contributed by atoms with E-state index in [2.05, 4.69) is 12.6 Å². The Morgan fingerprint density at radius 1 is 1.57 bits per heavy atom. The third-order valence-corrected chi connectivity index (χ3v) is 3.43. The molecule has 2 rings (SSSR count). The lowest BCUT2D eigenvalue weighted by molar-refractivity contribution is 0.112. The Balaban J connectivity index is 2.96. The lowest BCUT2D eigenvalue weighted by Gasteiger charge is -2.01. The number of nitriles is 1. The third-order valence-electron chi connectivity index (χ3n) is 1.99. The van der Waals surface area contributed by atoms with Crippen molar-refractivity contribution in [1.29, 1.82) is 5.26 Å². The van der Waals surface area contributed by atoms with E-state index in [0.29, 0.717) is 16.0 Å². The van der Waals surface area contributed by atoms with Gasteiger partial charge >= 0.3 is 0 Å². The number of carbonyl (C=O) groups is 1. The van der Waals surface area contributed by atoms with Crippen LogP contribution in [0.1, 0.15) is 15.9 Å². The van der Waals surface area contributed by atoms with Crippen LogP contribution in [0.2, 0.25) is 0 Å². The molecule has 2 nitrogen and oxygen atoms in total. The third kappa shape index (κ3) is 1.22. The van der Waals surface area contributed by atoms with Crippen LogP contribution in [-0.4, -0.2) is 6.29 Å². The zero-order valence-corrected chi connectivity index (χ0v) is 8.73. The molecule has 0 fully saturated rings. The Kier molecular flexibility index (Phi) is 2.28. The maximum Gasteiger partial charge on any atom is 0.152 e. The number of thiophene rings is 1. The van der Waals surface area contributed by atoms with Crippen molar-refractivity contribution in [2.75, 3.05) is 0 Å². The van der Waals surface area contributed by atoms with E-state index in [1.54, 1.807) is 6.07 Å². The first-order valence-electron chi connectivity index (χ1n) is 3.86. The molecule has 0 N–H and O–H groups in total. The fourth-order valence-corrected chi connectivity index (χ4v) is 2.57. The summed E-state index contributed by atoms with van der Waals surface area (Å²) in [7, 11) is 0. The minimum absolute atomic E-state index is 0.446. The Hall–Kier alpha value is -1.31. The van der Waals surface area contributed by atoms with E-state index in [0.717, 1.165) is 16.4 Å².